The highest BCUT2D eigenvalue weighted by atomic mass is 32.1. The van der Waals surface area contributed by atoms with Gasteiger partial charge in [-0.05, 0) is 80.9 Å². The van der Waals surface area contributed by atoms with Crippen LogP contribution in [0.2, 0.25) is 0 Å². The Morgan fingerprint density at radius 2 is 1.86 bits per heavy atom. The zero-order valence-electron chi connectivity index (χ0n) is 20.5. The van der Waals surface area contributed by atoms with E-state index in [4.69, 9.17) is 12.2 Å². The molecule has 0 spiro atoms. The van der Waals surface area contributed by atoms with Gasteiger partial charge in [-0.3, -0.25) is 9.59 Å². The highest BCUT2D eigenvalue weighted by Gasteiger charge is 2.28. The number of aryl methyl sites for hydroxylation is 1. The lowest BCUT2D eigenvalue weighted by Crippen LogP contribution is -2.55. The molecule has 1 aliphatic rings. The van der Waals surface area contributed by atoms with Gasteiger partial charge in [-0.1, -0.05) is 12.6 Å². The standard InChI is InChI=1S/C26H33FN6O2S/c1-3-24(34)28-14-5-4-8-22(31-26(36)30-21-12-10-20(27)11-13-21)25(35)33-17-15-32(16-18-33)23-9-6-7-19(2)29-23/h3,6-7,9-13,22H,1,4-5,8,14-18H2,2H3,(H,28,34)(H2,30,31,36)/t22-/m0/s1. The molecule has 0 aliphatic carbocycles. The summed E-state index contributed by atoms with van der Waals surface area (Å²) in [7, 11) is 0. The topological polar surface area (TPSA) is 89.6 Å². The van der Waals surface area contributed by atoms with Crippen molar-refractivity contribution < 1.29 is 14.0 Å². The molecule has 3 N–H and O–H groups in total. The van der Waals surface area contributed by atoms with E-state index in [9.17, 15) is 14.0 Å². The first-order valence-corrected chi connectivity index (χ1v) is 12.5. The van der Waals surface area contributed by atoms with Crippen molar-refractivity contribution in [1.82, 2.24) is 20.5 Å². The molecule has 2 aromatic rings. The highest BCUT2D eigenvalue weighted by Crippen LogP contribution is 2.16. The van der Waals surface area contributed by atoms with E-state index in [2.05, 4.69) is 32.4 Å². The minimum Gasteiger partial charge on any atom is -0.353 e. The first-order valence-electron chi connectivity index (χ1n) is 12.1. The van der Waals surface area contributed by atoms with Crippen LogP contribution in [0, 0.1) is 12.7 Å². The Labute approximate surface area is 217 Å². The quantitative estimate of drug-likeness (QED) is 0.256. The van der Waals surface area contributed by atoms with Crippen LogP contribution in [0.25, 0.3) is 0 Å². The normalized spacial score (nSPS) is 14.1. The number of benzene rings is 1. The zero-order valence-corrected chi connectivity index (χ0v) is 21.3. The van der Waals surface area contributed by atoms with Gasteiger partial charge in [0.15, 0.2) is 5.11 Å². The molecule has 2 heterocycles. The van der Waals surface area contributed by atoms with Gasteiger partial charge in [0.05, 0.1) is 0 Å². The average molecular weight is 513 g/mol. The van der Waals surface area contributed by atoms with Crippen molar-refractivity contribution in [1.29, 1.82) is 0 Å². The Balaban J connectivity index is 1.58. The van der Waals surface area contributed by atoms with Crippen LogP contribution in [0.15, 0.2) is 55.1 Å². The second kappa shape index (κ2) is 13.5. The molecule has 1 aromatic carbocycles. The van der Waals surface area contributed by atoms with E-state index in [-0.39, 0.29) is 17.6 Å². The number of aromatic nitrogens is 1. The molecule has 10 heteroatoms. The number of nitrogens with one attached hydrogen (secondary N) is 3. The molecular formula is C26H33FN6O2S. The van der Waals surface area contributed by atoms with E-state index in [0.717, 1.165) is 17.9 Å². The van der Waals surface area contributed by atoms with Gasteiger partial charge in [-0.2, -0.15) is 0 Å². The molecular weight excluding hydrogens is 479 g/mol. The number of nitrogens with zero attached hydrogens (tertiary/aromatic N) is 3. The number of carbonyl (C=O) groups is 2. The minimum atomic E-state index is -0.524. The maximum absolute atomic E-state index is 13.5. The second-order valence-corrected chi connectivity index (χ2v) is 9.01. The monoisotopic (exact) mass is 512 g/mol. The van der Waals surface area contributed by atoms with Crippen LogP contribution >= 0.6 is 12.2 Å². The number of hydrogen-bond donors (Lipinski definition) is 3. The minimum absolute atomic E-state index is 0.0229. The summed E-state index contributed by atoms with van der Waals surface area (Å²) in [6.07, 6.45) is 3.22. The van der Waals surface area contributed by atoms with Crippen molar-refractivity contribution in [2.45, 2.75) is 32.2 Å². The fraction of sp³-hybridized carbons (Fsp3) is 0.385. The Morgan fingerprint density at radius 1 is 1.14 bits per heavy atom. The number of halogens is 1. The molecule has 192 valence electrons. The fourth-order valence-electron chi connectivity index (χ4n) is 3.95. The number of unbranched alkanes of at least 4 members (excludes halogenated alkanes) is 1. The van der Waals surface area contributed by atoms with Crippen molar-refractivity contribution in [3.8, 4) is 0 Å². The van der Waals surface area contributed by atoms with E-state index in [0.29, 0.717) is 56.4 Å². The molecule has 1 aliphatic heterocycles. The Morgan fingerprint density at radius 3 is 2.53 bits per heavy atom. The van der Waals surface area contributed by atoms with Crippen molar-refractivity contribution in [2.24, 2.45) is 0 Å². The Kier molecular flexibility index (Phi) is 10.2. The predicted octanol–water partition coefficient (Wildman–Crippen LogP) is 3.01. The smallest absolute Gasteiger partial charge is 0.245 e. The summed E-state index contributed by atoms with van der Waals surface area (Å²) in [6.45, 7) is 8.47. The van der Waals surface area contributed by atoms with Crippen LogP contribution in [-0.4, -0.2) is 65.6 Å². The summed E-state index contributed by atoms with van der Waals surface area (Å²) < 4.78 is 13.2. The van der Waals surface area contributed by atoms with Gasteiger partial charge in [0.1, 0.15) is 17.7 Å². The summed E-state index contributed by atoms with van der Waals surface area (Å²) in [5.74, 6) is 0.343. The summed E-state index contributed by atoms with van der Waals surface area (Å²) in [5, 5.41) is 9.20. The molecule has 3 rings (SSSR count). The third-order valence-corrected chi connectivity index (χ3v) is 6.12. The van der Waals surface area contributed by atoms with Crippen LogP contribution in [0.1, 0.15) is 25.0 Å². The molecule has 1 atom stereocenters. The van der Waals surface area contributed by atoms with Crippen LogP contribution in [-0.2, 0) is 9.59 Å². The maximum atomic E-state index is 13.5. The van der Waals surface area contributed by atoms with Crippen LogP contribution in [0.3, 0.4) is 0 Å². The summed E-state index contributed by atoms with van der Waals surface area (Å²) in [4.78, 5) is 33.4. The molecule has 0 saturated carbocycles. The van der Waals surface area contributed by atoms with E-state index in [1.807, 2.05) is 30.0 Å². The molecule has 0 bridgehead atoms. The van der Waals surface area contributed by atoms with Crippen molar-refractivity contribution in [3.05, 3.63) is 66.6 Å². The third-order valence-electron chi connectivity index (χ3n) is 5.90. The van der Waals surface area contributed by atoms with E-state index in [1.165, 1.54) is 18.2 Å². The van der Waals surface area contributed by atoms with Crippen molar-refractivity contribution in [2.75, 3.05) is 42.9 Å². The van der Waals surface area contributed by atoms with Gasteiger partial charge < -0.3 is 25.8 Å². The summed E-state index contributed by atoms with van der Waals surface area (Å²) >= 11 is 5.44. The predicted molar refractivity (Wildman–Crippen MR) is 144 cm³/mol. The van der Waals surface area contributed by atoms with Crippen LogP contribution in [0.4, 0.5) is 15.9 Å². The summed E-state index contributed by atoms with van der Waals surface area (Å²) in [5.41, 5.74) is 1.59. The molecule has 2 amide bonds. The third kappa shape index (κ3) is 8.30. The van der Waals surface area contributed by atoms with Crippen molar-refractivity contribution >= 4 is 40.6 Å². The van der Waals surface area contributed by atoms with Gasteiger partial charge in [-0.15, -0.1) is 0 Å². The number of thiocarbonyl (C=S) groups is 1. The number of piperazine rings is 1. The van der Waals surface area contributed by atoms with Gasteiger partial charge >= 0.3 is 0 Å². The number of rotatable bonds is 10. The number of hydrogen-bond acceptors (Lipinski definition) is 5. The molecule has 8 nitrogen and oxygen atoms in total. The van der Waals surface area contributed by atoms with Gasteiger partial charge in [0.25, 0.3) is 0 Å². The van der Waals surface area contributed by atoms with Gasteiger partial charge in [-0.25, -0.2) is 9.37 Å². The Hall–Kier alpha value is -3.53. The number of pyridine rings is 1. The van der Waals surface area contributed by atoms with E-state index in [1.54, 1.807) is 12.1 Å². The SMILES string of the molecule is C=CC(=O)NCCCC[C@H](NC(=S)Nc1ccc(F)cc1)C(=O)N1CCN(c2cccc(C)n2)CC1. The molecule has 36 heavy (non-hydrogen) atoms. The molecule has 0 unspecified atom stereocenters. The first kappa shape index (κ1) is 27.1. The lowest BCUT2D eigenvalue weighted by atomic mass is 10.1. The molecule has 1 fully saturated rings. The number of amides is 2. The molecule has 0 radical (unpaired) electrons. The van der Waals surface area contributed by atoms with E-state index < -0.39 is 6.04 Å². The summed E-state index contributed by atoms with van der Waals surface area (Å²) in [6, 6.07) is 11.3. The first-order chi connectivity index (χ1) is 17.4. The molecule has 1 saturated heterocycles. The van der Waals surface area contributed by atoms with Crippen LogP contribution < -0.4 is 20.9 Å². The maximum Gasteiger partial charge on any atom is 0.245 e. The highest BCUT2D eigenvalue weighted by molar-refractivity contribution is 7.80. The number of carbonyl (C=O) groups excluding carboxylic acids is 2. The fourth-order valence-corrected chi connectivity index (χ4v) is 4.21. The van der Waals surface area contributed by atoms with Crippen LogP contribution in [0.5, 0.6) is 0 Å². The second-order valence-electron chi connectivity index (χ2n) is 8.60. The Bertz CT molecular complexity index is 1060. The number of anilines is 2. The zero-order chi connectivity index (χ0) is 25.9. The largest absolute Gasteiger partial charge is 0.353 e. The molecule has 1 aromatic heterocycles. The lowest BCUT2D eigenvalue weighted by molar-refractivity contribution is -0.133. The lowest BCUT2D eigenvalue weighted by Gasteiger charge is -2.37. The van der Waals surface area contributed by atoms with Crippen molar-refractivity contribution in [3.63, 3.8) is 0 Å². The average Bonchev–Trinajstić information content (AvgIpc) is 2.88. The van der Waals surface area contributed by atoms with Gasteiger partial charge in [0.2, 0.25) is 11.8 Å². The van der Waals surface area contributed by atoms with E-state index >= 15 is 0 Å². The van der Waals surface area contributed by atoms with Gasteiger partial charge in [0, 0.05) is 44.1 Å².